The van der Waals surface area contributed by atoms with Crippen LogP contribution in [-0.2, 0) is 6.54 Å². The molecule has 0 saturated heterocycles. The highest BCUT2D eigenvalue weighted by molar-refractivity contribution is 5.88. The van der Waals surface area contributed by atoms with E-state index in [1.807, 2.05) is 42.5 Å². The second kappa shape index (κ2) is 6.16. The molecule has 0 unspecified atom stereocenters. The van der Waals surface area contributed by atoms with Crippen LogP contribution in [0, 0.1) is 0 Å². The molecule has 0 fully saturated rings. The van der Waals surface area contributed by atoms with Crippen LogP contribution < -0.4 is 17.7 Å². The van der Waals surface area contributed by atoms with Crippen molar-refractivity contribution in [2.24, 2.45) is 0 Å². The van der Waals surface area contributed by atoms with Crippen LogP contribution in [0.5, 0.6) is 0 Å². The molecule has 96 valence electrons. The molecular weight excluding hydrogens is 258 g/mol. The third-order valence-electron chi connectivity index (χ3n) is 2.85. The highest BCUT2D eigenvalue weighted by Crippen LogP contribution is 2.18. The predicted octanol–water partition coefficient (Wildman–Crippen LogP) is 0.246. The molecule has 3 nitrogen and oxygen atoms in total. The van der Waals surface area contributed by atoms with E-state index in [1.165, 1.54) is 5.56 Å². The molecule has 0 aliphatic rings. The topological polar surface area (TPSA) is 37.8 Å². The lowest BCUT2D eigenvalue weighted by molar-refractivity contribution is -0.00000366. The van der Waals surface area contributed by atoms with Crippen molar-refractivity contribution < 1.29 is 12.4 Å². The normalized spacial score (nSPS) is 9.89. The van der Waals surface area contributed by atoms with Crippen molar-refractivity contribution in [1.29, 1.82) is 0 Å². The van der Waals surface area contributed by atoms with Gasteiger partial charge in [0.25, 0.3) is 0 Å². The van der Waals surface area contributed by atoms with E-state index in [4.69, 9.17) is 0 Å². The van der Waals surface area contributed by atoms with E-state index in [1.54, 1.807) is 6.33 Å². The van der Waals surface area contributed by atoms with Crippen LogP contribution in [0.2, 0.25) is 0 Å². The summed E-state index contributed by atoms with van der Waals surface area (Å²) in [5, 5.41) is 4.40. The Labute approximate surface area is 118 Å². The van der Waals surface area contributed by atoms with Crippen LogP contribution in [0.1, 0.15) is 5.56 Å². The van der Waals surface area contributed by atoms with Crippen molar-refractivity contribution in [2.45, 2.75) is 6.54 Å². The number of hydrogen-bond acceptors (Lipinski definition) is 3. The molecular formula is C15H13ClN3-. The molecule has 19 heavy (non-hydrogen) atoms. The van der Waals surface area contributed by atoms with Crippen LogP contribution in [0.4, 0.5) is 5.82 Å². The van der Waals surface area contributed by atoms with Gasteiger partial charge in [-0.15, -0.1) is 0 Å². The third-order valence-corrected chi connectivity index (χ3v) is 2.85. The number of benzene rings is 2. The largest absolute Gasteiger partial charge is 1.00 e. The Kier molecular flexibility index (Phi) is 4.31. The molecule has 1 aromatic heterocycles. The first-order valence-corrected chi connectivity index (χ1v) is 5.91. The van der Waals surface area contributed by atoms with E-state index in [0.717, 1.165) is 23.3 Å². The number of nitrogens with zero attached hydrogens (tertiary/aromatic N) is 2. The Balaban J connectivity index is 0.00000133. The summed E-state index contributed by atoms with van der Waals surface area (Å²) in [6.45, 7) is 0.766. The molecule has 1 heterocycles. The Morgan fingerprint density at radius 3 is 2.42 bits per heavy atom. The molecule has 0 spiro atoms. The van der Waals surface area contributed by atoms with Gasteiger partial charge in [-0.05, 0) is 17.7 Å². The summed E-state index contributed by atoms with van der Waals surface area (Å²) >= 11 is 0. The van der Waals surface area contributed by atoms with Crippen LogP contribution in [0.3, 0.4) is 0 Å². The zero-order chi connectivity index (χ0) is 12.2. The summed E-state index contributed by atoms with van der Waals surface area (Å²) in [5.74, 6) is 0.879. The number of fused-ring (bicyclic) bond motifs is 1. The summed E-state index contributed by atoms with van der Waals surface area (Å²) in [4.78, 5) is 8.55. The van der Waals surface area contributed by atoms with E-state index in [9.17, 15) is 0 Å². The van der Waals surface area contributed by atoms with Gasteiger partial charge in [0.15, 0.2) is 0 Å². The number of anilines is 1. The highest BCUT2D eigenvalue weighted by Gasteiger charge is 2.01. The van der Waals surface area contributed by atoms with Gasteiger partial charge in [-0.2, -0.15) is 0 Å². The Morgan fingerprint density at radius 2 is 1.58 bits per heavy atom. The number of para-hydroxylation sites is 1. The first-order chi connectivity index (χ1) is 8.93. The molecule has 0 aliphatic heterocycles. The SMILES string of the molecule is [Cl-].c1ccc(CNc2ncnc3ccccc23)cc1. The van der Waals surface area contributed by atoms with Gasteiger partial charge in [-0.3, -0.25) is 0 Å². The lowest BCUT2D eigenvalue weighted by Crippen LogP contribution is -3.00. The maximum absolute atomic E-state index is 4.30. The minimum Gasteiger partial charge on any atom is -1.00 e. The Bertz CT molecular complexity index is 650. The smallest absolute Gasteiger partial charge is 0.137 e. The Morgan fingerprint density at radius 1 is 0.842 bits per heavy atom. The molecule has 0 saturated carbocycles. The summed E-state index contributed by atoms with van der Waals surface area (Å²) in [6.07, 6.45) is 1.59. The third kappa shape index (κ3) is 3.01. The fraction of sp³-hybridized carbons (Fsp3) is 0.0667. The first kappa shape index (κ1) is 13.3. The van der Waals surface area contributed by atoms with Gasteiger partial charge < -0.3 is 17.7 Å². The molecule has 3 aromatic rings. The van der Waals surface area contributed by atoms with Crippen molar-refractivity contribution in [3.8, 4) is 0 Å². The van der Waals surface area contributed by atoms with Crippen LogP contribution >= 0.6 is 0 Å². The fourth-order valence-electron chi connectivity index (χ4n) is 1.93. The second-order valence-electron chi connectivity index (χ2n) is 4.08. The average Bonchev–Trinajstić information content (AvgIpc) is 2.46. The zero-order valence-electron chi connectivity index (χ0n) is 10.3. The average molecular weight is 271 g/mol. The molecule has 4 heteroatoms. The lowest BCUT2D eigenvalue weighted by atomic mass is 10.2. The highest BCUT2D eigenvalue weighted by atomic mass is 35.5. The molecule has 0 radical (unpaired) electrons. The number of hydrogen-bond donors (Lipinski definition) is 1. The standard InChI is InChI=1S/C15H13N3.ClH/c1-2-6-12(7-3-1)10-16-15-13-8-4-5-9-14(13)17-11-18-15;/h1-9,11H,10H2,(H,16,17,18);1H/p-1. The molecule has 0 amide bonds. The second-order valence-corrected chi connectivity index (χ2v) is 4.08. The number of aromatic nitrogens is 2. The van der Waals surface area contributed by atoms with Crippen LogP contribution in [0.25, 0.3) is 10.9 Å². The summed E-state index contributed by atoms with van der Waals surface area (Å²) in [7, 11) is 0. The molecule has 0 aliphatic carbocycles. The summed E-state index contributed by atoms with van der Waals surface area (Å²) < 4.78 is 0. The lowest BCUT2D eigenvalue weighted by Gasteiger charge is -2.07. The molecule has 0 atom stereocenters. The maximum atomic E-state index is 4.30. The van der Waals surface area contributed by atoms with Gasteiger partial charge in [0.1, 0.15) is 12.1 Å². The van der Waals surface area contributed by atoms with E-state index in [2.05, 4.69) is 27.4 Å². The number of rotatable bonds is 3. The van der Waals surface area contributed by atoms with E-state index in [0.29, 0.717) is 0 Å². The quantitative estimate of drug-likeness (QED) is 0.741. The zero-order valence-corrected chi connectivity index (χ0v) is 11.0. The van der Waals surface area contributed by atoms with Crippen LogP contribution in [0.15, 0.2) is 60.9 Å². The molecule has 1 N–H and O–H groups in total. The van der Waals surface area contributed by atoms with Crippen molar-refractivity contribution in [3.05, 3.63) is 66.5 Å². The first-order valence-electron chi connectivity index (χ1n) is 5.91. The number of halogens is 1. The van der Waals surface area contributed by atoms with Crippen molar-refractivity contribution in [3.63, 3.8) is 0 Å². The van der Waals surface area contributed by atoms with E-state index >= 15 is 0 Å². The van der Waals surface area contributed by atoms with E-state index < -0.39 is 0 Å². The monoisotopic (exact) mass is 270 g/mol. The molecule has 0 bridgehead atoms. The predicted molar refractivity (Wildman–Crippen MR) is 73.3 cm³/mol. The van der Waals surface area contributed by atoms with Gasteiger partial charge in [0, 0.05) is 11.9 Å². The van der Waals surface area contributed by atoms with Crippen molar-refractivity contribution in [2.75, 3.05) is 5.32 Å². The van der Waals surface area contributed by atoms with Gasteiger partial charge in [-0.25, -0.2) is 9.97 Å². The van der Waals surface area contributed by atoms with Crippen LogP contribution in [-0.4, -0.2) is 9.97 Å². The minimum absolute atomic E-state index is 0. The molecule has 3 rings (SSSR count). The Hall–Kier alpha value is -2.13. The summed E-state index contributed by atoms with van der Waals surface area (Å²) in [5.41, 5.74) is 2.20. The van der Waals surface area contributed by atoms with Gasteiger partial charge in [0.2, 0.25) is 0 Å². The van der Waals surface area contributed by atoms with Crippen molar-refractivity contribution >= 4 is 16.7 Å². The minimum atomic E-state index is 0. The van der Waals surface area contributed by atoms with Gasteiger partial charge in [0.05, 0.1) is 5.52 Å². The maximum Gasteiger partial charge on any atom is 0.137 e. The molecule has 2 aromatic carbocycles. The van der Waals surface area contributed by atoms with E-state index in [-0.39, 0.29) is 12.4 Å². The number of nitrogens with one attached hydrogen (secondary N) is 1. The summed E-state index contributed by atoms with van der Waals surface area (Å²) in [6, 6.07) is 18.3. The fourth-order valence-corrected chi connectivity index (χ4v) is 1.93. The van der Waals surface area contributed by atoms with Gasteiger partial charge in [-0.1, -0.05) is 42.5 Å². The van der Waals surface area contributed by atoms with Gasteiger partial charge >= 0.3 is 0 Å². The van der Waals surface area contributed by atoms with Crippen molar-refractivity contribution in [1.82, 2.24) is 9.97 Å².